The second kappa shape index (κ2) is 3.71. The van der Waals surface area contributed by atoms with Crippen LogP contribution in [0, 0.1) is 12.3 Å². The zero-order valence-electron chi connectivity index (χ0n) is 9.60. The fourth-order valence-electron chi connectivity index (χ4n) is 1.79. The molecule has 2 rings (SSSR count). The molecule has 1 aromatic carbocycles. The summed E-state index contributed by atoms with van der Waals surface area (Å²) in [4.78, 5) is 0. The van der Waals surface area contributed by atoms with Gasteiger partial charge < -0.3 is 5.32 Å². The summed E-state index contributed by atoms with van der Waals surface area (Å²) in [6, 6.07) is 6.53. The van der Waals surface area contributed by atoms with Crippen LogP contribution in [0.15, 0.2) is 18.2 Å². The first-order valence-corrected chi connectivity index (χ1v) is 5.92. The second-order valence-corrected chi connectivity index (χ2v) is 5.42. The number of hydrogen-bond acceptors (Lipinski definition) is 1. The van der Waals surface area contributed by atoms with E-state index < -0.39 is 0 Å². The molecule has 0 spiro atoms. The van der Waals surface area contributed by atoms with Crippen molar-refractivity contribution in [3.8, 4) is 0 Å². The number of rotatable bonds is 3. The molecule has 0 amide bonds. The summed E-state index contributed by atoms with van der Waals surface area (Å²) in [5.41, 5.74) is 2.92. The summed E-state index contributed by atoms with van der Waals surface area (Å²) < 4.78 is 0. The maximum Gasteiger partial charge on any atom is 0.0426 e. The lowest BCUT2D eigenvalue weighted by Gasteiger charge is -2.22. The smallest absolute Gasteiger partial charge is 0.0426 e. The van der Waals surface area contributed by atoms with Crippen LogP contribution in [0.4, 0.5) is 5.69 Å². The van der Waals surface area contributed by atoms with Gasteiger partial charge in [0.15, 0.2) is 0 Å². The van der Waals surface area contributed by atoms with Crippen LogP contribution in [0.5, 0.6) is 0 Å². The van der Waals surface area contributed by atoms with Crippen molar-refractivity contribution in [2.75, 3.05) is 5.32 Å². The molecule has 1 fully saturated rings. The average Bonchev–Trinajstić information content (AvgIpc) is 2.91. The van der Waals surface area contributed by atoms with E-state index in [-0.39, 0.29) is 0 Å². The van der Waals surface area contributed by atoms with Crippen molar-refractivity contribution < 1.29 is 0 Å². The molecule has 0 heterocycles. The minimum Gasteiger partial charge on any atom is -0.382 e. The Morgan fingerprint density at radius 2 is 2.07 bits per heavy atom. The first-order valence-electron chi connectivity index (χ1n) is 5.54. The van der Waals surface area contributed by atoms with Gasteiger partial charge in [0.05, 0.1) is 0 Å². The molecular formula is C13H18ClN. The highest BCUT2D eigenvalue weighted by molar-refractivity contribution is 6.30. The van der Waals surface area contributed by atoms with E-state index in [2.05, 4.69) is 32.2 Å². The van der Waals surface area contributed by atoms with E-state index in [4.69, 9.17) is 11.6 Å². The van der Waals surface area contributed by atoms with Crippen LogP contribution >= 0.6 is 11.6 Å². The van der Waals surface area contributed by atoms with E-state index in [0.717, 1.165) is 5.02 Å². The molecule has 1 saturated carbocycles. The van der Waals surface area contributed by atoms with Crippen molar-refractivity contribution in [3.63, 3.8) is 0 Å². The Hall–Kier alpha value is -0.690. The van der Waals surface area contributed by atoms with Gasteiger partial charge in [0, 0.05) is 16.8 Å². The Kier molecular flexibility index (Phi) is 2.68. The highest BCUT2D eigenvalue weighted by Crippen LogP contribution is 2.49. The lowest BCUT2D eigenvalue weighted by molar-refractivity contribution is 0.493. The molecule has 1 aromatic rings. The minimum atomic E-state index is 0.495. The average molecular weight is 224 g/mol. The summed E-state index contributed by atoms with van der Waals surface area (Å²) in [5, 5.41) is 4.37. The Bertz CT molecular complexity index is 369. The number of hydrogen-bond donors (Lipinski definition) is 1. The SMILES string of the molecule is Cc1ccc(Cl)cc1NC(C)C1(C)CC1. The van der Waals surface area contributed by atoms with Gasteiger partial charge in [-0.1, -0.05) is 24.6 Å². The highest BCUT2D eigenvalue weighted by Gasteiger charge is 2.42. The molecule has 0 saturated heterocycles. The van der Waals surface area contributed by atoms with Crippen LogP contribution in [0.3, 0.4) is 0 Å². The molecule has 0 bridgehead atoms. The molecule has 1 N–H and O–H groups in total. The van der Waals surface area contributed by atoms with E-state index in [1.807, 2.05) is 12.1 Å². The van der Waals surface area contributed by atoms with Gasteiger partial charge in [-0.25, -0.2) is 0 Å². The molecular weight excluding hydrogens is 206 g/mol. The van der Waals surface area contributed by atoms with Gasteiger partial charge in [-0.15, -0.1) is 0 Å². The van der Waals surface area contributed by atoms with Crippen molar-refractivity contribution in [3.05, 3.63) is 28.8 Å². The Labute approximate surface area is 96.8 Å². The summed E-state index contributed by atoms with van der Waals surface area (Å²) in [5.74, 6) is 0. The normalized spacial score (nSPS) is 19.7. The number of aryl methyl sites for hydroxylation is 1. The lowest BCUT2D eigenvalue weighted by atomic mass is 10.00. The maximum absolute atomic E-state index is 5.99. The topological polar surface area (TPSA) is 12.0 Å². The molecule has 1 aliphatic carbocycles. The van der Waals surface area contributed by atoms with Crippen LogP contribution in [0.2, 0.25) is 5.02 Å². The highest BCUT2D eigenvalue weighted by atomic mass is 35.5. The van der Waals surface area contributed by atoms with Gasteiger partial charge in [0.1, 0.15) is 0 Å². The number of nitrogens with one attached hydrogen (secondary N) is 1. The quantitative estimate of drug-likeness (QED) is 0.808. The van der Waals surface area contributed by atoms with Crippen molar-refractivity contribution in [2.45, 2.75) is 39.7 Å². The van der Waals surface area contributed by atoms with Crippen LogP contribution in [0.1, 0.15) is 32.3 Å². The predicted molar refractivity (Wildman–Crippen MR) is 66.6 cm³/mol. The summed E-state index contributed by atoms with van der Waals surface area (Å²) in [7, 11) is 0. The van der Waals surface area contributed by atoms with Gasteiger partial charge in [0.25, 0.3) is 0 Å². The van der Waals surface area contributed by atoms with E-state index in [1.54, 1.807) is 0 Å². The van der Waals surface area contributed by atoms with E-state index >= 15 is 0 Å². The van der Waals surface area contributed by atoms with Gasteiger partial charge in [-0.3, -0.25) is 0 Å². The molecule has 1 nitrogen and oxygen atoms in total. The lowest BCUT2D eigenvalue weighted by Crippen LogP contribution is -2.25. The molecule has 2 heteroatoms. The van der Waals surface area contributed by atoms with Crippen molar-refractivity contribution in [1.29, 1.82) is 0 Å². The first-order chi connectivity index (χ1) is 7.01. The molecule has 0 radical (unpaired) electrons. The summed E-state index contributed by atoms with van der Waals surface area (Å²) >= 11 is 5.99. The zero-order valence-corrected chi connectivity index (χ0v) is 10.4. The molecule has 82 valence electrons. The number of anilines is 1. The fourth-order valence-corrected chi connectivity index (χ4v) is 1.96. The second-order valence-electron chi connectivity index (χ2n) is 4.98. The number of halogens is 1. The Morgan fingerprint density at radius 1 is 1.40 bits per heavy atom. The number of benzene rings is 1. The van der Waals surface area contributed by atoms with Crippen LogP contribution < -0.4 is 5.32 Å². The molecule has 1 aliphatic rings. The summed E-state index contributed by atoms with van der Waals surface area (Å²) in [6.45, 7) is 6.71. The molecule has 0 aliphatic heterocycles. The van der Waals surface area contributed by atoms with E-state index in [9.17, 15) is 0 Å². The standard InChI is InChI=1S/C13H18ClN/c1-9-4-5-11(14)8-12(9)15-10(2)13(3)6-7-13/h4-5,8,10,15H,6-7H2,1-3H3. The predicted octanol–water partition coefficient (Wildman–Crippen LogP) is 4.25. The summed E-state index contributed by atoms with van der Waals surface area (Å²) in [6.07, 6.45) is 2.67. The third-order valence-electron chi connectivity index (χ3n) is 3.66. The van der Waals surface area contributed by atoms with Crippen LogP contribution in [-0.4, -0.2) is 6.04 Å². The monoisotopic (exact) mass is 223 g/mol. The van der Waals surface area contributed by atoms with Crippen molar-refractivity contribution >= 4 is 17.3 Å². The third kappa shape index (κ3) is 2.28. The largest absolute Gasteiger partial charge is 0.382 e. The molecule has 1 unspecified atom stereocenters. The van der Waals surface area contributed by atoms with E-state index in [1.165, 1.54) is 24.1 Å². The zero-order chi connectivity index (χ0) is 11.1. The van der Waals surface area contributed by atoms with Crippen molar-refractivity contribution in [2.24, 2.45) is 5.41 Å². The van der Waals surface area contributed by atoms with Gasteiger partial charge in [-0.05, 0) is 49.8 Å². The molecule has 0 aromatic heterocycles. The van der Waals surface area contributed by atoms with Crippen LogP contribution in [-0.2, 0) is 0 Å². The van der Waals surface area contributed by atoms with Crippen molar-refractivity contribution in [1.82, 2.24) is 0 Å². The Morgan fingerprint density at radius 3 is 2.67 bits per heavy atom. The van der Waals surface area contributed by atoms with Gasteiger partial charge in [-0.2, -0.15) is 0 Å². The first kappa shape index (κ1) is 10.8. The maximum atomic E-state index is 5.99. The molecule has 1 atom stereocenters. The Balaban J connectivity index is 2.13. The minimum absolute atomic E-state index is 0.495. The fraction of sp³-hybridized carbons (Fsp3) is 0.538. The van der Waals surface area contributed by atoms with Gasteiger partial charge in [0.2, 0.25) is 0 Å². The van der Waals surface area contributed by atoms with Gasteiger partial charge >= 0.3 is 0 Å². The molecule has 15 heavy (non-hydrogen) atoms. The van der Waals surface area contributed by atoms with Crippen LogP contribution in [0.25, 0.3) is 0 Å². The third-order valence-corrected chi connectivity index (χ3v) is 3.89. The van der Waals surface area contributed by atoms with E-state index in [0.29, 0.717) is 11.5 Å².